The summed E-state index contributed by atoms with van der Waals surface area (Å²) in [7, 11) is 1.64. The number of thioether (sulfide) groups is 1. The van der Waals surface area contributed by atoms with Gasteiger partial charge in [0.25, 0.3) is 5.22 Å². The van der Waals surface area contributed by atoms with Crippen molar-refractivity contribution in [3.05, 3.63) is 35.7 Å². The number of rotatable bonds is 9. The van der Waals surface area contributed by atoms with Gasteiger partial charge in [-0.2, -0.15) is 0 Å². The topological polar surface area (TPSA) is 77.2 Å². The van der Waals surface area contributed by atoms with Crippen LogP contribution in [0.15, 0.2) is 33.9 Å². The average Bonchev–Trinajstić information content (AvgIpc) is 3.02. The van der Waals surface area contributed by atoms with E-state index in [0.29, 0.717) is 24.1 Å². The Labute approximate surface area is 146 Å². The third-order valence-corrected chi connectivity index (χ3v) is 4.37. The van der Waals surface area contributed by atoms with Crippen molar-refractivity contribution >= 4 is 17.7 Å². The van der Waals surface area contributed by atoms with Gasteiger partial charge in [-0.05, 0) is 31.0 Å². The molecule has 1 amide bonds. The Morgan fingerprint density at radius 3 is 2.75 bits per heavy atom. The van der Waals surface area contributed by atoms with Gasteiger partial charge in [-0.3, -0.25) is 4.79 Å². The van der Waals surface area contributed by atoms with Gasteiger partial charge in [0.05, 0.1) is 18.8 Å². The second-order valence-electron chi connectivity index (χ2n) is 5.39. The first kappa shape index (κ1) is 18.3. The van der Waals surface area contributed by atoms with E-state index in [-0.39, 0.29) is 11.2 Å². The fourth-order valence-corrected chi connectivity index (χ4v) is 2.74. The Bertz CT molecular complexity index is 643. The highest BCUT2D eigenvalue weighted by atomic mass is 32.2. The Morgan fingerprint density at radius 2 is 2.08 bits per heavy atom. The quantitative estimate of drug-likeness (QED) is 0.554. The van der Waals surface area contributed by atoms with Crippen LogP contribution in [-0.2, 0) is 11.2 Å². The molecule has 0 aliphatic carbocycles. The average molecular weight is 349 g/mol. The Balaban J connectivity index is 1.86. The second-order valence-corrected chi connectivity index (χ2v) is 6.68. The summed E-state index contributed by atoms with van der Waals surface area (Å²) >= 11 is 1.27. The zero-order valence-electron chi connectivity index (χ0n) is 14.2. The molecule has 6 nitrogen and oxygen atoms in total. The zero-order chi connectivity index (χ0) is 17.4. The van der Waals surface area contributed by atoms with Crippen molar-refractivity contribution in [3.63, 3.8) is 0 Å². The SMILES string of the molecule is CCCCNC(=O)C(C)Sc1nnc(Cc2ccc(OC)cc2)o1. The predicted molar refractivity (Wildman–Crippen MR) is 93.3 cm³/mol. The molecule has 0 aliphatic rings. The third-order valence-electron chi connectivity index (χ3n) is 3.44. The van der Waals surface area contributed by atoms with E-state index >= 15 is 0 Å². The standard InChI is InChI=1S/C17H23N3O3S/c1-4-5-10-18-16(21)12(2)24-17-20-19-15(23-17)11-13-6-8-14(22-3)9-7-13/h6-9,12H,4-5,10-11H2,1-3H3,(H,18,21). The van der Waals surface area contributed by atoms with Gasteiger partial charge in [-0.15, -0.1) is 10.2 Å². The molecule has 0 spiro atoms. The lowest BCUT2D eigenvalue weighted by Crippen LogP contribution is -2.31. The molecule has 1 unspecified atom stereocenters. The zero-order valence-corrected chi connectivity index (χ0v) is 15.1. The largest absolute Gasteiger partial charge is 0.497 e. The van der Waals surface area contributed by atoms with Crippen LogP contribution in [0.4, 0.5) is 0 Å². The number of carbonyl (C=O) groups excluding carboxylic acids is 1. The second kappa shape index (κ2) is 9.32. The van der Waals surface area contributed by atoms with Crippen LogP contribution in [0, 0.1) is 0 Å². The number of carbonyl (C=O) groups is 1. The van der Waals surface area contributed by atoms with Crippen molar-refractivity contribution in [1.29, 1.82) is 0 Å². The summed E-state index contributed by atoms with van der Waals surface area (Å²) in [6.45, 7) is 4.62. The number of ether oxygens (including phenoxy) is 1. The highest BCUT2D eigenvalue weighted by molar-refractivity contribution is 8.00. The van der Waals surface area contributed by atoms with Gasteiger partial charge in [0.2, 0.25) is 11.8 Å². The molecule has 0 bridgehead atoms. The highest BCUT2D eigenvalue weighted by Crippen LogP contribution is 2.23. The molecule has 24 heavy (non-hydrogen) atoms. The van der Waals surface area contributed by atoms with Gasteiger partial charge >= 0.3 is 0 Å². The first-order chi connectivity index (χ1) is 11.6. The molecule has 130 valence electrons. The molecule has 1 N–H and O–H groups in total. The van der Waals surface area contributed by atoms with Gasteiger partial charge < -0.3 is 14.5 Å². The van der Waals surface area contributed by atoms with Crippen molar-refractivity contribution in [2.75, 3.05) is 13.7 Å². The van der Waals surface area contributed by atoms with Crippen LogP contribution < -0.4 is 10.1 Å². The molecular weight excluding hydrogens is 326 g/mol. The lowest BCUT2D eigenvalue weighted by atomic mass is 10.1. The fraction of sp³-hybridized carbons (Fsp3) is 0.471. The van der Waals surface area contributed by atoms with Crippen LogP contribution in [0.3, 0.4) is 0 Å². The Hall–Kier alpha value is -2.02. The molecule has 1 aromatic heterocycles. The molecule has 0 saturated carbocycles. The van der Waals surface area contributed by atoms with Crippen LogP contribution in [0.2, 0.25) is 0 Å². The molecule has 7 heteroatoms. The fourth-order valence-electron chi connectivity index (χ4n) is 2.01. The number of hydrogen-bond donors (Lipinski definition) is 1. The van der Waals surface area contributed by atoms with E-state index in [9.17, 15) is 4.79 Å². The summed E-state index contributed by atoms with van der Waals surface area (Å²) in [5.74, 6) is 1.33. The first-order valence-corrected chi connectivity index (χ1v) is 8.90. The van der Waals surface area contributed by atoms with Gasteiger partial charge in [-0.25, -0.2) is 0 Å². The van der Waals surface area contributed by atoms with Crippen molar-refractivity contribution in [1.82, 2.24) is 15.5 Å². The highest BCUT2D eigenvalue weighted by Gasteiger charge is 2.18. The minimum atomic E-state index is -0.267. The maximum Gasteiger partial charge on any atom is 0.277 e. The number of methoxy groups -OCH3 is 1. The number of unbranched alkanes of at least 4 members (excludes halogenated alkanes) is 1. The molecule has 0 aliphatic heterocycles. The predicted octanol–water partition coefficient (Wildman–Crippen LogP) is 3.07. The molecule has 0 radical (unpaired) electrons. The van der Waals surface area contributed by atoms with Crippen LogP contribution >= 0.6 is 11.8 Å². The van der Waals surface area contributed by atoms with Crippen LogP contribution in [-0.4, -0.2) is 35.0 Å². The number of nitrogens with zero attached hydrogens (tertiary/aromatic N) is 2. The molecule has 2 rings (SSSR count). The van der Waals surface area contributed by atoms with Crippen LogP contribution in [0.1, 0.15) is 38.1 Å². The maximum atomic E-state index is 11.9. The number of amides is 1. The summed E-state index contributed by atoms with van der Waals surface area (Å²) < 4.78 is 10.8. The number of aromatic nitrogens is 2. The number of hydrogen-bond acceptors (Lipinski definition) is 6. The third kappa shape index (κ3) is 5.56. The van der Waals surface area contributed by atoms with E-state index in [4.69, 9.17) is 9.15 Å². The Kier molecular flexibility index (Phi) is 7.11. The first-order valence-electron chi connectivity index (χ1n) is 8.02. The van der Waals surface area contributed by atoms with Gasteiger partial charge in [0.1, 0.15) is 5.75 Å². The van der Waals surface area contributed by atoms with E-state index in [0.717, 1.165) is 24.2 Å². The van der Waals surface area contributed by atoms with Crippen LogP contribution in [0.5, 0.6) is 5.75 Å². The van der Waals surface area contributed by atoms with E-state index in [1.165, 1.54) is 11.8 Å². The monoisotopic (exact) mass is 349 g/mol. The van der Waals surface area contributed by atoms with Crippen molar-refractivity contribution < 1.29 is 13.9 Å². The molecule has 0 saturated heterocycles. The number of nitrogens with one attached hydrogen (secondary N) is 1. The molecule has 0 fully saturated rings. The van der Waals surface area contributed by atoms with Gasteiger partial charge in [-0.1, -0.05) is 37.2 Å². The molecule has 1 atom stereocenters. The van der Waals surface area contributed by atoms with E-state index in [1.807, 2.05) is 31.2 Å². The summed E-state index contributed by atoms with van der Waals surface area (Å²) in [6, 6.07) is 7.70. The molecule has 1 aromatic carbocycles. The van der Waals surface area contributed by atoms with Crippen molar-refractivity contribution in [2.45, 2.75) is 43.6 Å². The maximum absolute atomic E-state index is 11.9. The van der Waals surface area contributed by atoms with Gasteiger partial charge in [0, 0.05) is 6.54 Å². The lowest BCUT2D eigenvalue weighted by Gasteiger charge is -2.08. The lowest BCUT2D eigenvalue weighted by molar-refractivity contribution is -0.120. The van der Waals surface area contributed by atoms with E-state index in [2.05, 4.69) is 22.4 Å². The molecule has 2 aromatic rings. The van der Waals surface area contributed by atoms with Crippen molar-refractivity contribution in [2.24, 2.45) is 0 Å². The van der Waals surface area contributed by atoms with Crippen LogP contribution in [0.25, 0.3) is 0 Å². The number of benzene rings is 1. The van der Waals surface area contributed by atoms with Crippen molar-refractivity contribution in [3.8, 4) is 5.75 Å². The van der Waals surface area contributed by atoms with E-state index in [1.54, 1.807) is 7.11 Å². The minimum absolute atomic E-state index is 0.0108. The smallest absolute Gasteiger partial charge is 0.277 e. The summed E-state index contributed by atoms with van der Waals surface area (Å²) in [4.78, 5) is 11.9. The summed E-state index contributed by atoms with van der Waals surface area (Å²) in [5.41, 5.74) is 1.06. The summed E-state index contributed by atoms with van der Waals surface area (Å²) in [5, 5.41) is 11.1. The normalized spacial score (nSPS) is 12.0. The van der Waals surface area contributed by atoms with Gasteiger partial charge in [0.15, 0.2) is 0 Å². The molecule has 1 heterocycles. The van der Waals surface area contributed by atoms with E-state index < -0.39 is 0 Å². The summed E-state index contributed by atoms with van der Waals surface area (Å²) in [6.07, 6.45) is 2.59. The molecular formula is C17H23N3O3S. The Morgan fingerprint density at radius 1 is 1.33 bits per heavy atom. The minimum Gasteiger partial charge on any atom is -0.497 e.